The zero-order chi connectivity index (χ0) is 16.5. The highest BCUT2D eigenvalue weighted by Gasteiger charge is 2.17. The van der Waals surface area contributed by atoms with Crippen LogP contribution >= 0.6 is 0 Å². The lowest BCUT2D eigenvalue weighted by Crippen LogP contribution is -2.06. The minimum Gasteiger partial charge on any atom is -0.319 e. The summed E-state index contributed by atoms with van der Waals surface area (Å²) < 4.78 is 0. The molecule has 1 nitrogen and oxygen atoms in total. The first-order valence-corrected chi connectivity index (χ1v) is 8.77. The summed E-state index contributed by atoms with van der Waals surface area (Å²) in [5, 5.41) is 3.24. The third-order valence-corrected chi connectivity index (χ3v) is 4.34. The number of unbranched alkanes of at least 4 members (excludes halogenated alkanes) is 1. The fraction of sp³-hybridized carbons (Fsp3) is 0.364. The smallest absolute Gasteiger partial charge is 0.00169 e. The summed E-state index contributed by atoms with van der Waals surface area (Å²) in [5.74, 6) is 0. The van der Waals surface area contributed by atoms with Crippen LogP contribution in [0, 0.1) is 0 Å². The van der Waals surface area contributed by atoms with E-state index in [4.69, 9.17) is 0 Å². The van der Waals surface area contributed by atoms with Crippen molar-refractivity contribution in [3.05, 3.63) is 77.4 Å². The van der Waals surface area contributed by atoms with Crippen molar-refractivity contribution < 1.29 is 0 Å². The molecule has 0 saturated heterocycles. The number of aryl methyl sites for hydroxylation is 1. The predicted molar refractivity (Wildman–Crippen MR) is 103 cm³/mol. The van der Waals surface area contributed by atoms with Gasteiger partial charge in [-0.15, -0.1) is 0 Å². The first-order chi connectivity index (χ1) is 11.3. The second kappa shape index (κ2) is 9.32. The number of hydrogen-bond acceptors (Lipinski definition) is 1. The maximum absolute atomic E-state index is 4.07. The first kappa shape index (κ1) is 17.5. The molecule has 0 unspecified atom stereocenters. The van der Waals surface area contributed by atoms with Crippen molar-refractivity contribution in [2.24, 2.45) is 0 Å². The van der Waals surface area contributed by atoms with Gasteiger partial charge in [-0.05, 0) is 67.1 Å². The molecule has 0 aliphatic heterocycles. The molecular formula is C22H29N. The Balaban J connectivity index is 2.51. The summed E-state index contributed by atoms with van der Waals surface area (Å²) in [5.41, 5.74) is 6.92. The molecule has 2 rings (SSSR count). The average Bonchev–Trinajstić information content (AvgIpc) is 2.73. The topological polar surface area (TPSA) is 12.0 Å². The Hall–Kier alpha value is -1.86. The third-order valence-electron chi connectivity index (χ3n) is 4.34. The van der Waals surface area contributed by atoms with Crippen LogP contribution in [0.25, 0.3) is 5.57 Å². The highest BCUT2D eigenvalue weighted by atomic mass is 14.8. The normalized spacial score (nSPS) is 16.7. The molecule has 0 radical (unpaired) electrons. The molecule has 0 atom stereocenters. The molecular weight excluding hydrogens is 278 g/mol. The Morgan fingerprint density at radius 2 is 2.00 bits per heavy atom. The molecule has 1 aliphatic rings. The summed E-state index contributed by atoms with van der Waals surface area (Å²) >= 11 is 0. The van der Waals surface area contributed by atoms with Crippen LogP contribution in [0.5, 0.6) is 0 Å². The number of rotatable bonds is 7. The van der Waals surface area contributed by atoms with E-state index in [9.17, 15) is 0 Å². The number of fused-ring (bicyclic) bond motifs is 1. The van der Waals surface area contributed by atoms with E-state index in [1.165, 1.54) is 34.3 Å². The Bertz CT molecular complexity index is 617. The highest BCUT2D eigenvalue weighted by Crippen LogP contribution is 2.35. The number of allylic oxidation sites excluding steroid dienone is 6. The van der Waals surface area contributed by atoms with Crippen LogP contribution in [0.4, 0.5) is 0 Å². The maximum atomic E-state index is 4.07. The summed E-state index contributed by atoms with van der Waals surface area (Å²) in [6.45, 7) is 7.29. The summed E-state index contributed by atoms with van der Waals surface area (Å²) in [6.07, 6.45) is 14.5. The quantitative estimate of drug-likeness (QED) is 0.659. The molecule has 1 aromatic rings. The molecule has 1 heteroatoms. The van der Waals surface area contributed by atoms with Crippen molar-refractivity contribution >= 4 is 5.57 Å². The van der Waals surface area contributed by atoms with Crippen LogP contribution in [-0.4, -0.2) is 13.6 Å². The van der Waals surface area contributed by atoms with E-state index in [1.807, 2.05) is 13.1 Å². The zero-order valence-corrected chi connectivity index (χ0v) is 14.6. The molecule has 0 heterocycles. The molecule has 1 N–H and O–H groups in total. The third kappa shape index (κ3) is 4.56. The fourth-order valence-electron chi connectivity index (χ4n) is 3.08. The molecule has 1 aliphatic carbocycles. The summed E-state index contributed by atoms with van der Waals surface area (Å²) in [4.78, 5) is 0. The van der Waals surface area contributed by atoms with Crippen molar-refractivity contribution in [3.8, 4) is 0 Å². The summed E-state index contributed by atoms with van der Waals surface area (Å²) in [6, 6.07) is 8.83. The van der Waals surface area contributed by atoms with E-state index < -0.39 is 0 Å². The van der Waals surface area contributed by atoms with Crippen LogP contribution in [0.15, 0.2) is 66.3 Å². The van der Waals surface area contributed by atoms with E-state index in [0.29, 0.717) is 0 Å². The van der Waals surface area contributed by atoms with Crippen LogP contribution in [0.3, 0.4) is 0 Å². The van der Waals surface area contributed by atoms with Gasteiger partial charge in [0.05, 0.1) is 0 Å². The van der Waals surface area contributed by atoms with Gasteiger partial charge in [0.1, 0.15) is 0 Å². The van der Waals surface area contributed by atoms with Gasteiger partial charge in [-0.3, -0.25) is 0 Å². The predicted octanol–water partition coefficient (Wildman–Crippen LogP) is 5.46. The van der Waals surface area contributed by atoms with Gasteiger partial charge >= 0.3 is 0 Å². The SMILES string of the molecule is C=CC1=C(/C=C\CCC)/C(=C/CCNC)c2ccccc2CC1. The lowest BCUT2D eigenvalue weighted by atomic mass is 9.92. The highest BCUT2D eigenvalue weighted by molar-refractivity contribution is 5.85. The first-order valence-electron chi connectivity index (χ1n) is 8.77. The van der Waals surface area contributed by atoms with Gasteiger partial charge in [0, 0.05) is 0 Å². The molecule has 0 saturated carbocycles. The molecule has 0 spiro atoms. The van der Waals surface area contributed by atoms with E-state index in [-0.39, 0.29) is 0 Å². The number of benzene rings is 1. The van der Waals surface area contributed by atoms with Crippen molar-refractivity contribution in [3.63, 3.8) is 0 Å². The standard InChI is InChI=1S/C22H29N/c1-4-6-7-12-20-18(5-2)15-16-19-11-8-9-13-21(19)22(20)14-10-17-23-3/h5,7-9,11-14,23H,2,4,6,10,15-17H2,1,3H3/b12-7-,22-14-. The van der Waals surface area contributed by atoms with Gasteiger partial charge in [-0.1, -0.05) is 68.5 Å². The van der Waals surface area contributed by atoms with Gasteiger partial charge in [0.15, 0.2) is 0 Å². The van der Waals surface area contributed by atoms with E-state index >= 15 is 0 Å². The van der Waals surface area contributed by atoms with Crippen molar-refractivity contribution in [2.45, 2.75) is 39.0 Å². The van der Waals surface area contributed by atoms with E-state index in [2.05, 4.69) is 61.3 Å². The molecule has 122 valence electrons. The average molecular weight is 307 g/mol. The van der Waals surface area contributed by atoms with Gasteiger partial charge in [0.25, 0.3) is 0 Å². The van der Waals surface area contributed by atoms with Crippen LogP contribution in [-0.2, 0) is 6.42 Å². The lowest BCUT2D eigenvalue weighted by molar-refractivity contribution is 0.808. The number of nitrogens with one attached hydrogen (secondary N) is 1. The van der Waals surface area contributed by atoms with Crippen LogP contribution in [0.1, 0.15) is 43.7 Å². The maximum Gasteiger partial charge on any atom is -0.00169 e. The van der Waals surface area contributed by atoms with Gasteiger partial charge in [-0.25, -0.2) is 0 Å². The van der Waals surface area contributed by atoms with E-state index in [0.717, 1.165) is 32.2 Å². The molecule has 1 aromatic carbocycles. The summed E-state index contributed by atoms with van der Waals surface area (Å²) in [7, 11) is 2.01. The second-order valence-electron chi connectivity index (χ2n) is 6.00. The minimum absolute atomic E-state index is 1.00. The Labute approximate surface area is 141 Å². The van der Waals surface area contributed by atoms with Gasteiger partial charge < -0.3 is 5.32 Å². The Kier molecular flexibility index (Phi) is 7.09. The van der Waals surface area contributed by atoms with Gasteiger partial charge in [-0.2, -0.15) is 0 Å². The number of hydrogen-bond donors (Lipinski definition) is 1. The van der Waals surface area contributed by atoms with Crippen molar-refractivity contribution in [1.82, 2.24) is 5.32 Å². The minimum atomic E-state index is 1.00. The molecule has 0 aromatic heterocycles. The van der Waals surface area contributed by atoms with Gasteiger partial charge in [0.2, 0.25) is 0 Å². The largest absolute Gasteiger partial charge is 0.319 e. The Morgan fingerprint density at radius 1 is 1.17 bits per heavy atom. The van der Waals surface area contributed by atoms with Crippen molar-refractivity contribution in [2.75, 3.05) is 13.6 Å². The second-order valence-corrected chi connectivity index (χ2v) is 6.00. The zero-order valence-electron chi connectivity index (χ0n) is 14.6. The molecule has 23 heavy (non-hydrogen) atoms. The fourth-order valence-corrected chi connectivity index (χ4v) is 3.08. The molecule has 0 bridgehead atoms. The van der Waals surface area contributed by atoms with Crippen molar-refractivity contribution in [1.29, 1.82) is 0 Å². The lowest BCUT2D eigenvalue weighted by Gasteiger charge is -2.13. The Morgan fingerprint density at radius 3 is 2.74 bits per heavy atom. The van der Waals surface area contributed by atoms with Crippen LogP contribution < -0.4 is 5.32 Å². The van der Waals surface area contributed by atoms with E-state index in [1.54, 1.807) is 0 Å². The molecule has 0 amide bonds. The van der Waals surface area contributed by atoms with Crippen LogP contribution in [0.2, 0.25) is 0 Å². The molecule has 0 fully saturated rings. The monoisotopic (exact) mass is 307 g/mol.